The summed E-state index contributed by atoms with van der Waals surface area (Å²) < 4.78 is 30.2. The monoisotopic (exact) mass is 347 g/mol. The Morgan fingerprint density at radius 3 is 2.46 bits per heavy atom. The van der Waals surface area contributed by atoms with Crippen LogP contribution >= 0.6 is 0 Å². The fourth-order valence-corrected chi connectivity index (χ4v) is 3.20. The van der Waals surface area contributed by atoms with Crippen LogP contribution in [0.3, 0.4) is 0 Å². The molecule has 2 aromatic rings. The molecule has 0 saturated carbocycles. The highest BCUT2D eigenvalue weighted by Gasteiger charge is 2.26. The molecule has 1 heterocycles. The van der Waals surface area contributed by atoms with Crippen molar-refractivity contribution in [2.75, 3.05) is 26.0 Å². The Kier molecular flexibility index (Phi) is 5.06. The van der Waals surface area contributed by atoms with E-state index >= 15 is 0 Å². The van der Waals surface area contributed by atoms with Crippen molar-refractivity contribution in [3.05, 3.63) is 65.5 Å². The summed E-state index contributed by atoms with van der Waals surface area (Å²) in [5.41, 5.74) is 1.41. The molecule has 24 heavy (non-hydrogen) atoms. The fraction of sp³-hybridized carbons (Fsp3) is 0.278. The number of benzene rings is 2. The molecule has 0 aromatic heterocycles. The lowest BCUT2D eigenvalue weighted by atomic mass is 10.1. The standard InChI is InChI=1S/C18H18FNO3S/c1-24(22)16-8-4-14(5-9-16)18(21)20-10-11-23-17(12-20)13-2-6-15(19)7-3-13/h2-9,17H,10-12H2,1H3. The van der Waals surface area contributed by atoms with E-state index in [9.17, 15) is 13.4 Å². The predicted octanol–water partition coefficient (Wildman–Crippen LogP) is 2.78. The first-order valence-corrected chi connectivity index (χ1v) is 9.20. The molecule has 0 spiro atoms. The molecule has 2 unspecified atom stereocenters. The van der Waals surface area contributed by atoms with Crippen molar-refractivity contribution in [2.45, 2.75) is 11.0 Å². The SMILES string of the molecule is CS(=O)c1ccc(C(=O)N2CCOC(c3ccc(F)cc3)C2)cc1. The highest BCUT2D eigenvalue weighted by atomic mass is 32.2. The van der Waals surface area contributed by atoms with Crippen LogP contribution in [0.2, 0.25) is 0 Å². The maximum atomic E-state index is 13.0. The Balaban J connectivity index is 1.72. The van der Waals surface area contributed by atoms with E-state index in [-0.39, 0.29) is 17.8 Å². The van der Waals surface area contributed by atoms with E-state index in [1.807, 2.05) is 0 Å². The highest BCUT2D eigenvalue weighted by Crippen LogP contribution is 2.23. The van der Waals surface area contributed by atoms with E-state index < -0.39 is 10.8 Å². The van der Waals surface area contributed by atoms with Crippen molar-refractivity contribution in [3.8, 4) is 0 Å². The molecule has 0 aliphatic carbocycles. The minimum absolute atomic E-state index is 0.0844. The Labute approximate surface area is 142 Å². The molecule has 6 heteroatoms. The summed E-state index contributed by atoms with van der Waals surface area (Å²) in [6, 6.07) is 13.0. The van der Waals surface area contributed by atoms with Gasteiger partial charge in [-0.3, -0.25) is 9.00 Å². The summed E-state index contributed by atoms with van der Waals surface area (Å²) in [6.07, 6.45) is 1.34. The first-order chi connectivity index (χ1) is 11.5. The Hall–Kier alpha value is -2.05. The summed E-state index contributed by atoms with van der Waals surface area (Å²) in [4.78, 5) is 15.1. The van der Waals surface area contributed by atoms with Gasteiger partial charge in [-0.25, -0.2) is 4.39 Å². The number of morpholine rings is 1. The minimum atomic E-state index is -1.06. The number of ether oxygens (including phenoxy) is 1. The van der Waals surface area contributed by atoms with E-state index in [0.29, 0.717) is 30.2 Å². The van der Waals surface area contributed by atoms with Crippen LogP contribution in [-0.2, 0) is 15.5 Å². The molecular formula is C18H18FNO3S. The van der Waals surface area contributed by atoms with Crippen LogP contribution in [0.15, 0.2) is 53.4 Å². The maximum Gasteiger partial charge on any atom is 0.254 e. The quantitative estimate of drug-likeness (QED) is 0.858. The van der Waals surface area contributed by atoms with Crippen LogP contribution in [0.4, 0.5) is 4.39 Å². The number of hydrogen-bond acceptors (Lipinski definition) is 3. The van der Waals surface area contributed by atoms with Gasteiger partial charge in [0.05, 0.1) is 13.2 Å². The van der Waals surface area contributed by atoms with E-state index in [1.54, 1.807) is 47.6 Å². The van der Waals surface area contributed by atoms with Gasteiger partial charge in [-0.15, -0.1) is 0 Å². The number of hydrogen-bond donors (Lipinski definition) is 0. The van der Waals surface area contributed by atoms with E-state index in [1.165, 1.54) is 12.1 Å². The van der Waals surface area contributed by atoms with Crippen molar-refractivity contribution < 1.29 is 18.1 Å². The van der Waals surface area contributed by atoms with Gasteiger partial charge in [-0.2, -0.15) is 0 Å². The second-order valence-corrected chi connectivity index (χ2v) is 7.02. The average molecular weight is 347 g/mol. The summed E-state index contributed by atoms with van der Waals surface area (Å²) in [6.45, 7) is 1.37. The Morgan fingerprint density at radius 2 is 1.83 bits per heavy atom. The molecular weight excluding hydrogens is 329 g/mol. The van der Waals surface area contributed by atoms with Crippen molar-refractivity contribution in [2.24, 2.45) is 0 Å². The van der Waals surface area contributed by atoms with Gasteiger partial charge in [-0.1, -0.05) is 12.1 Å². The summed E-state index contributed by atoms with van der Waals surface area (Å²) in [5, 5.41) is 0. The molecule has 1 aliphatic rings. The first-order valence-electron chi connectivity index (χ1n) is 7.64. The van der Waals surface area contributed by atoms with Crippen molar-refractivity contribution in [3.63, 3.8) is 0 Å². The Morgan fingerprint density at radius 1 is 1.17 bits per heavy atom. The molecule has 1 aliphatic heterocycles. The van der Waals surface area contributed by atoms with Gasteiger partial charge in [0.1, 0.15) is 11.9 Å². The number of nitrogens with zero attached hydrogens (tertiary/aromatic N) is 1. The van der Waals surface area contributed by atoms with Gasteiger partial charge >= 0.3 is 0 Å². The predicted molar refractivity (Wildman–Crippen MR) is 89.8 cm³/mol. The van der Waals surface area contributed by atoms with Gasteiger partial charge in [0.25, 0.3) is 5.91 Å². The van der Waals surface area contributed by atoms with Gasteiger partial charge in [0.2, 0.25) is 0 Å². The van der Waals surface area contributed by atoms with Gasteiger partial charge < -0.3 is 9.64 Å². The summed E-state index contributed by atoms with van der Waals surface area (Å²) in [7, 11) is -1.06. The zero-order valence-corrected chi connectivity index (χ0v) is 14.1. The Bertz CT molecular complexity index is 746. The molecule has 2 atom stereocenters. The largest absolute Gasteiger partial charge is 0.370 e. The zero-order valence-electron chi connectivity index (χ0n) is 13.3. The molecule has 0 N–H and O–H groups in total. The van der Waals surface area contributed by atoms with Crippen molar-refractivity contribution >= 4 is 16.7 Å². The molecule has 4 nitrogen and oxygen atoms in total. The highest BCUT2D eigenvalue weighted by molar-refractivity contribution is 7.84. The van der Waals surface area contributed by atoms with Crippen LogP contribution in [0.25, 0.3) is 0 Å². The molecule has 0 radical (unpaired) electrons. The third-order valence-corrected chi connectivity index (χ3v) is 4.96. The molecule has 1 saturated heterocycles. The number of rotatable bonds is 3. The van der Waals surface area contributed by atoms with E-state index in [4.69, 9.17) is 4.74 Å². The topological polar surface area (TPSA) is 46.6 Å². The molecule has 1 fully saturated rings. The number of carbonyl (C=O) groups excluding carboxylic acids is 1. The van der Waals surface area contributed by atoms with Crippen molar-refractivity contribution in [1.82, 2.24) is 4.90 Å². The van der Waals surface area contributed by atoms with Gasteiger partial charge in [0, 0.05) is 34.1 Å². The third kappa shape index (κ3) is 3.71. The van der Waals surface area contributed by atoms with Crippen LogP contribution in [0, 0.1) is 5.82 Å². The smallest absolute Gasteiger partial charge is 0.254 e. The fourth-order valence-electron chi connectivity index (χ4n) is 2.68. The lowest BCUT2D eigenvalue weighted by molar-refractivity contribution is -0.0228. The first kappa shape index (κ1) is 16.8. The van der Waals surface area contributed by atoms with Crippen LogP contribution in [0.5, 0.6) is 0 Å². The third-order valence-electron chi connectivity index (χ3n) is 4.03. The minimum Gasteiger partial charge on any atom is -0.370 e. The summed E-state index contributed by atoms with van der Waals surface area (Å²) >= 11 is 0. The lowest BCUT2D eigenvalue weighted by Crippen LogP contribution is -2.42. The normalized spacial score (nSPS) is 19.1. The number of halogens is 1. The second kappa shape index (κ2) is 7.23. The average Bonchev–Trinajstić information content (AvgIpc) is 2.62. The zero-order chi connectivity index (χ0) is 17.1. The van der Waals surface area contributed by atoms with Gasteiger partial charge in [0.15, 0.2) is 0 Å². The van der Waals surface area contributed by atoms with Crippen LogP contribution in [-0.4, -0.2) is 41.0 Å². The molecule has 2 aromatic carbocycles. The maximum absolute atomic E-state index is 13.0. The van der Waals surface area contributed by atoms with Crippen molar-refractivity contribution in [1.29, 1.82) is 0 Å². The molecule has 126 valence electrons. The van der Waals surface area contributed by atoms with E-state index in [0.717, 1.165) is 5.56 Å². The van der Waals surface area contributed by atoms with E-state index in [2.05, 4.69) is 0 Å². The summed E-state index contributed by atoms with van der Waals surface area (Å²) in [5.74, 6) is -0.380. The molecule has 1 amide bonds. The number of amides is 1. The molecule has 3 rings (SSSR count). The van der Waals surface area contributed by atoms with Gasteiger partial charge in [-0.05, 0) is 42.0 Å². The molecule has 0 bridgehead atoms. The van der Waals surface area contributed by atoms with Crippen LogP contribution in [0.1, 0.15) is 22.0 Å². The van der Waals surface area contributed by atoms with Crippen LogP contribution < -0.4 is 0 Å². The number of carbonyl (C=O) groups is 1. The lowest BCUT2D eigenvalue weighted by Gasteiger charge is -2.33. The second-order valence-electron chi connectivity index (χ2n) is 5.64.